The van der Waals surface area contributed by atoms with E-state index in [1.807, 2.05) is 17.0 Å². The Balaban J connectivity index is 2.04. The van der Waals surface area contributed by atoms with E-state index in [-0.39, 0.29) is 6.03 Å². The molecule has 1 saturated heterocycles. The molecule has 0 radical (unpaired) electrons. The Morgan fingerprint density at radius 3 is 2.75 bits per heavy atom. The summed E-state index contributed by atoms with van der Waals surface area (Å²) in [5.41, 5.74) is 0.845. The third-order valence-corrected chi connectivity index (χ3v) is 2.95. The summed E-state index contributed by atoms with van der Waals surface area (Å²) in [6, 6.07) is 3.82. The van der Waals surface area contributed by atoms with Crippen molar-refractivity contribution in [3.8, 4) is 0 Å². The molecule has 86 valence electrons. The highest BCUT2D eigenvalue weighted by Gasteiger charge is 2.20. The van der Waals surface area contributed by atoms with Gasteiger partial charge < -0.3 is 4.90 Å². The molecular weight excluding hydrogens is 202 g/mol. The molecule has 0 saturated carbocycles. The van der Waals surface area contributed by atoms with E-state index in [1.54, 1.807) is 24.3 Å². The number of piperidine rings is 1. The first-order chi connectivity index (χ1) is 7.79. The van der Waals surface area contributed by atoms with Gasteiger partial charge in [0.05, 0.1) is 11.9 Å². The molecule has 0 aromatic carbocycles. The van der Waals surface area contributed by atoms with Gasteiger partial charge in [0.15, 0.2) is 0 Å². The number of anilines is 1. The second-order valence-electron chi connectivity index (χ2n) is 4.10. The maximum atomic E-state index is 12.1. The number of nitrogens with zero attached hydrogens (tertiary/aromatic N) is 3. The van der Waals surface area contributed by atoms with Gasteiger partial charge in [-0.3, -0.25) is 9.88 Å². The van der Waals surface area contributed by atoms with Gasteiger partial charge in [-0.2, -0.15) is 0 Å². The van der Waals surface area contributed by atoms with Crippen molar-refractivity contribution in [2.45, 2.75) is 19.3 Å². The zero-order chi connectivity index (χ0) is 11.4. The summed E-state index contributed by atoms with van der Waals surface area (Å²) >= 11 is 0. The van der Waals surface area contributed by atoms with Crippen LogP contribution in [0.3, 0.4) is 0 Å². The standard InChI is InChI=1S/C12H17N3O/c1-14(11-6-5-7-13-10-11)12(16)15-8-3-2-4-9-15/h5-7,10H,2-4,8-9H2,1H3. The lowest BCUT2D eigenvalue weighted by atomic mass is 10.1. The SMILES string of the molecule is CN(C(=O)N1CCCCC1)c1cccnc1. The number of amides is 2. The fourth-order valence-electron chi connectivity index (χ4n) is 1.96. The molecule has 0 spiro atoms. The van der Waals surface area contributed by atoms with Gasteiger partial charge in [0.1, 0.15) is 0 Å². The van der Waals surface area contributed by atoms with E-state index in [0.29, 0.717) is 0 Å². The van der Waals surface area contributed by atoms with Crippen LogP contribution in [0.4, 0.5) is 10.5 Å². The van der Waals surface area contributed by atoms with Crippen LogP contribution in [0.2, 0.25) is 0 Å². The maximum Gasteiger partial charge on any atom is 0.324 e. The first-order valence-electron chi connectivity index (χ1n) is 5.72. The van der Waals surface area contributed by atoms with Crippen LogP contribution in [0.25, 0.3) is 0 Å². The monoisotopic (exact) mass is 219 g/mol. The second kappa shape index (κ2) is 4.96. The van der Waals surface area contributed by atoms with Gasteiger partial charge in [0.2, 0.25) is 0 Å². The lowest BCUT2D eigenvalue weighted by Crippen LogP contribution is -2.43. The van der Waals surface area contributed by atoms with E-state index >= 15 is 0 Å². The average molecular weight is 219 g/mol. The Hall–Kier alpha value is -1.58. The number of likely N-dealkylation sites (tertiary alicyclic amines) is 1. The van der Waals surface area contributed by atoms with Gasteiger partial charge >= 0.3 is 6.03 Å². The minimum Gasteiger partial charge on any atom is -0.324 e. The van der Waals surface area contributed by atoms with Crippen LogP contribution in [-0.4, -0.2) is 36.1 Å². The molecule has 4 heteroatoms. The minimum atomic E-state index is 0.0766. The van der Waals surface area contributed by atoms with Gasteiger partial charge in [-0.05, 0) is 31.4 Å². The highest BCUT2D eigenvalue weighted by Crippen LogP contribution is 2.15. The van der Waals surface area contributed by atoms with Crippen molar-refractivity contribution < 1.29 is 4.79 Å². The molecule has 16 heavy (non-hydrogen) atoms. The molecule has 1 aliphatic rings. The van der Waals surface area contributed by atoms with Crippen molar-refractivity contribution in [2.24, 2.45) is 0 Å². The molecular formula is C12H17N3O. The lowest BCUT2D eigenvalue weighted by molar-refractivity contribution is 0.194. The van der Waals surface area contributed by atoms with Crippen LogP contribution in [0.5, 0.6) is 0 Å². The molecule has 1 fully saturated rings. The molecule has 2 heterocycles. The van der Waals surface area contributed by atoms with E-state index < -0.39 is 0 Å². The summed E-state index contributed by atoms with van der Waals surface area (Å²) in [5.74, 6) is 0. The second-order valence-corrected chi connectivity index (χ2v) is 4.10. The normalized spacial score (nSPS) is 15.9. The molecule has 1 aliphatic heterocycles. The van der Waals surface area contributed by atoms with Crippen LogP contribution in [0.1, 0.15) is 19.3 Å². The Morgan fingerprint density at radius 1 is 1.38 bits per heavy atom. The highest BCUT2D eigenvalue weighted by molar-refractivity contribution is 5.91. The quantitative estimate of drug-likeness (QED) is 0.725. The summed E-state index contributed by atoms with van der Waals surface area (Å²) in [5, 5.41) is 0. The topological polar surface area (TPSA) is 36.4 Å². The smallest absolute Gasteiger partial charge is 0.324 e. The molecule has 0 N–H and O–H groups in total. The van der Waals surface area contributed by atoms with Crippen molar-refractivity contribution in [1.82, 2.24) is 9.88 Å². The van der Waals surface area contributed by atoms with Crippen LogP contribution < -0.4 is 4.90 Å². The molecule has 4 nitrogen and oxygen atoms in total. The van der Waals surface area contributed by atoms with E-state index in [1.165, 1.54) is 6.42 Å². The first-order valence-corrected chi connectivity index (χ1v) is 5.72. The van der Waals surface area contributed by atoms with Crippen LogP contribution in [0.15, 0.2) is 24.5 Å². The third-order valence-electron chi connectivity index (χ3n) is 2.95. The predicted molar refractivity (Wildman–Crippen MR) is 63.5 cm³/mol. The summed E-state index contributed by atoms with van der Waals surface area (Å²) in [7, 11) is 1.80. The van der Waals surface area contributed by atoms with E-state index in [9.17, 15) is 4.79 Å². The van der Waals surface area contributed by atoms with Crippen molar-refractivity contribution in [1.29, 1.82) is 0 Å². The van der Waals surface area contributed by atoms with Crippen molar-refractivity contribution in [3.63, 3.8) is 0 Å². The van der Waals surface area contributed by atoms with Gasteiger partial charge in [-0.15, -0.1) is 0 Å². The van der Waals surface area contributed by atoms with Crippen LogP contribution in [0, 0.1) is 0 Å². The molecule has 0 bridgehead atoms. The maximum absolute atomic E-state index is 12.1. The summed E-state index contributed by atoms with van der Waals surface area (Å²) in [4.78, 5) is 19.7. The zero-order valence-electron chi connectivity index (χ0n) is 9.59. The number of rotatable bonds is 1. The molecule has 2 rings (SSSR count). The van der Waals surface area contributed by atoms with Gasteiger partial charge in [0, 0.05) is 26.3 Å². The predicted octanol–water partition coefficient (Wildman–Crippen LogP) is 2.12. The van der Waals surface area contributed by atoms with Crippen molar-refractivity contribution >= 4 is 11.7 Å². The zero-order valence-corrected chi connectivity index (χ0v) is 9.59. The Kier molecular flexibility index (Phi) is 3.39. The Labute approximate surface area is 95.9 Å². The molecule has 0 unspecified atom stereocenters. The number of hydrogen-bond donors (Lipinski definition) is 0. The molecule has 0 aliphatic carbocycles. The van der Waals surface area contributed by atoms with E-state index in [0.717, 1.165) is 31.6 Å². The lowest BCUT2D eigenvalue weighted by Gasteiger charge is -2.30. The summed E-state index contributed by atoms with van der Waals surface area (Å²) < 4.78 is 0. The Bertz CT molecular complexity index is 347. The summed E-state index contributed by atoms with van der Waals surface area (Å²) in [6.45, 7) is 1.76. The number of carbonyl (C=O) groups is 1. The minimum absolute atomic E-state index is 0.0766. The van der Waals surface area contributed by atoms with Crippen LogP contribution >= 0.6 is 0 Å². The fraction of sp³-hybridized carbons (Fsp3) is 0.500. The van der Waals surface area contributed by atoms with E-state index in [2.05, 4.69) is 4.98 Å². The highest BCUT2D eigenvalue weighted by atomic mass is 16.2. The Morgan fingerprint density at radius 2 is 2.12 bits per heavy atom. The van der Waals surface area contributed by atoms with Crippen LogP contribution in [-0.2, 0) is 0 Å². The first kappa shape index (κ1) is 10.9. The van der Waals surface area contributed by atoms with Gasteiger partial charge in [-0.1, -0.05) is 0 Å². The summed E-state index contributed by atoms with van der Waals surface area (Å²) in [6.07, 6.45) is 6.89. The number of carbonyl (C=O) groups excluding carboxylic acids is 1. The van der Waals surface area contributed by atoms with Gasteiger partial charge in [0.25, 0.3) is 0 Å². The molecule has 1 aromatic rings. The largest absolute Gasteiger partial charge is 0.324 e. The number of aromatic nitrogens is 1. The third kappa shape index (κ3) is 2.32. The fourth-order valence-corrected chi connectivity index (χ4v) is 1.96. The van der Waals surface area contributed by atoms with Gasteiger partial charge in [-0.25, -0.2) is 4.79 Å². The average Bonchev–Trinajstić information content (AvgIpc) is 2.39. The van der Waals surface area contributed by atoms with Crippen molar-refractivity contribution in [3.05, 3.63) is 24.5 Å². The van der Waals surface area contributed by atoms with Crippen molar-refractivity contribution in [2.75, 3.05) is 25.0 Å². The number of urea groups is 1. The molecule has 0 atom stereocenters. The molecule has 1 aromatic heterocycles. The number of pyridine rings is 1. The molecule has 2 amide bonds. The number of hydrogen-bond acceptors (Lipinski definition) is 2. The van der Waals surface area contributed by atoms with E-state index in [4.69, 9.17) is 0 Å².